The number of ketones is 1. The molecule has 0 spiro atoms. The molecule has 0 saturated heterocycles. The molecule has 0 saturated carbocycles. The summed E-state index contributed by atoms with van der Waals surface area (Å²) in [5.74, 6) is -0.304. The van der Waals surface area contributed by atoms with Gasteiger partial charge in [-0.15, -0.1) is 0 Å². The second-order valence-corrected chi connectivity index (χ2v) is 6.40. The lowest BCUT2D eigenvalue weighted by Gasteiger charge is -2.17. The summed E-state index contributed by atoms with van der Waals surface area (Å²) in [6.07, 6.45) is -0.598. The van der Waals surface area contributed by atoms with Crippen LogP contribution < -0.4 is 5.32 Å². The summed E-state index contributed by atoms with van der Waals surface area (Å²) in [5, 5.41) is 2.54. The van der Waals surface area contributed by atoms with E-state index in [1.54, 1.807) is 6.92 Å². The monoisotopic (exact) mass is 380 g/mol. The van der Waals surface area contributed by atoms with Crippen LogP contribution >= 0.6 is 0 Å². The van der Waals surface area contributed by atoms with E-state index in [2.05, 4.69) is 20.3 Å². The SMILES string of the molecule is CCOC(=O)Nc1nc2c(C)cc(C3=NCC(=O)c4ccc(F)cc43)cc2[nH]1. The van der Waals surface area contributed by atoms with Crippen molar-refractivity contribution in [1.82, 2.24) is 9.97 Å². The molecule has 0 unspecified atom stereocenters. The third-order valence-electron chi connectivity index (χ3n) is 4.46. The predicted octanol–water partition coefficient (Wildman–Crippen LogP) is 3.61. The molecular weight excluding hydrogens is 363 g/mol. The number of Topliss-reactive ketones (excluding diaryl/α,β-unsaturated/α-hetero) is 1. The van der Waals surface area contributed by atoms with Gasteiger partial charge < -0.3 is 9.72 Å². The van der Waals surface area contributed by atoms with E-state index < -0.39 is 11.9 Å². The molecule has 2 aromatic carbocycles. The van der Waals surface area contributed by atoms with Crippen LogP contribution in [0.4, 0.5) is 15.1 Å². The number of hydrogen-bond acceptors (Lipinski definition) is 5. The number of hydrogen-bond donors (Lipinski definition) is 2. The molecule has 1 aromatic heterocycles. The van der Waals surface area contributed by atoms with Gasteiger partial charge in [-0.25, -0.2) is 14.2 Å². The van der Waals surface area contributed by atoms with Gasteiger partial charge in [0.2, 0.25) is 5.95 Å². The third-order valence-corrected chi connectivity index (χ3v) is 4.46. The summed E-state index contributed by atoms with van der Waals surface area (Å²) in [4.78, 5) is 35.5. The quantitative estimate of drug-likeness (QED) is 0.725. The van der Waals surface area contributed by atoms with Gasteiger partial charge in [0.25, 0.3) is 0 Å². The van der Waals surface area contributed by atoms with Crippen LogP contribution in [-0.2, 0) is 4.74 Å². The van der Waals surface area contributed by atoms with E-state index in [0.717, 1.165) is 11.1 Å². The Morgan fingerprint density at radius 2 is 2.11 bits per heavy atom. The molecule has 7 nitrogen and oxygen atoms in total. The molecule has 0 aliphatic carbocycles. The lowest BCUT2D eigenvalue weighted by molar-refractivity contribution is 0.1000. The van der Waals surface area contributed by atoms with E-state index in [0.29, 0.717) is 27.9 Å². The minimum absolute atomic E-state index is 0.0176. The number of rotatable bonds is 3. The summed E-state index contributed by atoms with van der Waals surface area (Å²) < 4.78 is 18.7. The molecule has 1 amide bonds. The lowest BCUT2D eigenvalue weighted by Crippen LogP contribution is -2.20. The largest absolute Gasteiger partial charge is 0.450 e. The molecule has 0 fully saturated rings. The fourth-order valence-electron chi connectivity index (χ4n) is 3.27. The number of halogens is 1. The van der Waals surface area contributed by atoms with Crippen molar-refractivity contribution in [1.29, 1.82) is 0 Å². The van der Waals surface area contributed by atoms with E-state index in [1.807, 2.05) is 19.1 Å². The number of carbonyl (C=O) groups excluding carboxylic acids is 2. The molecule has 0 bridgehead atoms. The molecule has 28 heavy (non-hydrogen) atoms. The number of aromatic amines is 1. The van der Waals surface area contributed by atoms with Crippen molar-refractivity contribution in [3.63, 3.8) is 0 Å². The molecule has 2 N–H and O–H groups in total. The number of aliphatic imine (C=N–C) groups is 1. The van der Waals surface area contributed by atoms with Gasteiger partial charge in [-0.3, -0.25) is 15.1 Å². The first-order valence-electron chi connectivity index (χ1n) is 8.78. The molecule has 142 valence electrons. The van der Waals surface area contributed by atoms with E-state index in [-0.39, 0.29) is 24.9 Å². The number of amides is 1. The topological polar surface area (TPSA) is 96.4 Å². The zero-order valence-electron chi connectivity index (χ0n) is 15.3. The summed E-state index contributed by atoms with van der Waals surface area (Å²) in [7, 11) is 0. The number of fused-ring (bicyclic) bond motifs is 2. The number of aryl methyl sites for hydroxylation is 1. The number of ether oxygens (including phenoxy) is 1. The number of aromatic nitrogens is 2. The summed E-state index contributed by atoms with van der Waals surface area (Å²) in [6, 6.07) is 7.78. The maximum atomic E-state index is 13.8. The Morgan fingerprint density at radius 3 is 2.89 bits per heavy atom. The van der Waals surface area contributed by atoms with E-state index >= 15 is 0 Å². The Labute approximate surface area is 159 Å². The zero-order chi connectivity index (χ0) is 19.8. The number of carbonyl (C=O) groups is 2. The molecule has 1 aliphatic heterocycles. The number of nitrogens with one attached hydrogen (secondary N) is 2. The van der Waals surface area contributed by atoms with Crippen LogP contribution in [0.2, 0.25) is 0 Å². The van der Waals surface area contributed by atoms with Crippen LogP contribution in [-0.4, -0.2) is 40.7 Å². The maximum Gasteiger partial charge on any atom is 0.413 e. The maximum absolute atomic E-state index is 13.8. The van der Waals surface area contributed by atoms with Gasteiger partial charge in [0.15, 0.2) is 5.78 Å². The van der Waals surface area contributed by atoms with Crippen molar-refractivity contribution in [3.8, 4) is 0 Å². The van der Waals surface area contributed by atoms with Crippen LogP contribution in [0.15, 0.2) is 35.3 Å². The van der Waals surface area contributed by atoms with Gasteiger partial charge in [0.1, 0.15) is 12.4 Å². The van der Waals surface area contributed by atoms with Crippen LogP contribution in [0.25, 0.3) is 11.0 Å². The summed E-state index contributed by atoms with van der Waals surface area (Å²) in [5.41, 5.74) is 4.42. The first-order chi connectivity index (χ1) is 13.5. The average molecular weight is 380 g/mol. The molecule has 4 rings (SSSR count). The van der Waals surface area contributed by atoms with E-state index in [4.69, 9.17) is 4.74 Å². The minimum atomic E-state index is -0.598. The average Bonchev–Trinajstić information content (AvgIpc) is 3.05. The fourth-order valence-corrected chi connectivity index (χ4v) is 3.27. The van der Waals surface area contributed by atoms with Crippen molar-refractivity contribution < 1.29 is 18.7 Å². The fraction of sp³-hybridized carbons (Fsp3) is 0.200. The smallest absolute Gasteiger partial charge is 0.413 e. The highest BCUT2D eigenvalue weighted by Crippen LogP contribution is 2.26. The Morgan fingerprint density at radius 1 is 1.29 bits per heavy atom. The lowest BCUT2D eigenvalue weighted by atomic mass is 9.91. The van der Waals surface area contributed by atoms with Gasteiger partial charge in [-0.1, -0.05) is 0 Å². The predicted molar refractivity (Wildman–Crippen MR) is 103 cm³/mol. The molecule has 1 aliphatic rings. The minimum Gasteiger partial charge on any atom is -0.450 e. The van der Waals surface area contributed by atoms with Gasteiger partial charge >= 0.3 is 6.09 Å². The first kappa shape index (κ1) is 17.8. The highest BCUT2D eigenvalue weighted by Gasteiger charge is 2.23. The van der Waals surface area contributed by atoms with E-state index in [1.165, 1.54) is 18.2 Å². The van der Waals surface area contributed by atoms with Crippen LogP contribution in [0.3, 0.4) is 0 Å². The highest BCUT2D eigenvalue weighted by molar-refractivity contribution is 6.22. The highest BCUT2D eigenvalue weighted by atomic mass is 19.1. The van der Waals surface area contributed by atoms with Crippen molar-refractivity contribution in [2.75, 3.05) is 18.5 Å². The van der Waals surface area contributed by atoms with Gasteiger partial charge in [-0.2, -0.15) is 0 Å². The Kier molecular flexibility index (Phi) is 4.38. The Balaban J connectivity index is 1.77. The third kappa shape index (κ3) is 3.13. The normalized spacial score (nSPS) is 13.2. The van der Waals surface area contributed by atoms with Crippen molar-refractivity contribution in [2.24, 2.45) is 4.99 Å². The number of nitrogens with zero attached hydrogens (tertiary/aromatic N) is 2. The van der Waals surface area contributed by atoms with Gasteiger partial charge in [-0.05, 0) is 49.7 Å². The second kappa shape index (κ2) is 6.88. The Hall–Kier alpha value is -3.55. The molecular formula is C20H17FN4O3. The molecule has 8 heteroatoms. The number of benzene rings is 2. The molecule has 0 radical (unpaired) electrons. The van der Waals surface area contributed by atoms with Crippen molar-refractivity contribution in [3.05, 3.63) is 58.4 Å². The van der Waals surface area contributed by atoms with Crippen LogP contribution in [0, 0.1) is 12.7 Å². The zero-order valence-corrected chi connectivity index (χ0v) is 15.3. The van der Waals surface area contributed by atoms with Crippen LogP contribution in [0.5, 0.6) is 0 Å². The number of anilines is 1. The van der Waals surface area contributed by atoms with E-state index in [9.17, 15) is 14.0 Å². The van der Waals surface area contributed by atoms with Crippen molar-refractivity contribution >= 4 is 34.6 Å². The first-order valence-corrected chi connectivity index (χ1v) is 8.78. The van der Waals surface area contributed by atoms with Gasteiger partial charge in [0.05, 0.1) is 23.4 Å². The molecule has 3 aromatic rings. The van der Waals surface area contributed by atoms with Crippen molar-refractivity contribution in [2.45, 2.75) is 13.8 Å². The van der Waals surface area contributed by atoms with Gasteiger partial charge in [0, 0.05) is 16.7 Å². The van der Waals surface area contributed by atoms with Crippen LogP contribution in [0.1, 0.15) is 34.0 Å². The summed E-state index contributed by atoms with van der Waals surface area (Å²) >= 11 is 0. The number of H-pyrrole nitrogens is 1. The number of imidazole rings is 1. The molecule has 2 heterocycles. The molecule has 0 atom stereocenters. The Bertz CT molecular complexity index is 1150. The second-order valence-electron chi connectivity index (χ2n) is 6.40. The standard InChI is InChI=1S/C20H17FN4O3/c1-3-28-20(27)25-19-23-15-7-11(6-10(2)17(15)24-19)18-14-8-12(21)4-5-13(14)16(26)9-22-18/h4-8H,3,9H2,1-2H3,(H2,23,24,25,27). The summed E-state index contributed by atoms with van der Waals surface area (Å²) in [6.45, 7) is 3.86.